The lowest BCUT2D eigenvalue weighted by Gasteiger charge is -2.42. The molecule has 0 bridgehead atoms. The van der Waals surface area contributed by atoms with Gasteiger partial charge in [0, 0.05) is 19.2 Å². The average molecular weight is 227 g/mol. The zero-order valence-electron chi connectivity index (χ0n) is 9.36. The first-order valence-electron chi connectivity index (χ1n) is 5.11. The molecule has 0 radical (unpaired) electrons. The number of aromatic nitrogens is 1. The Balaban J connectivity index is 2.16. The predicted molar refractivity (Wildman–Crippen MR) is 63.4 cm³/mol. The SMILES string of the molecule is CC1CN(c2cc(N)ns2)CC(C)(C)O1. The van der Waals surface area contributed by atoms with Crippen LogP contribution in [0.25, 0.3) is 0 Å². The Morgan fingerprint density at radius 1 is 1.67 bits per heavy atom. The van der Waals surface area contributed by atoms with Crippen LogP contribution in [0.2, 0.25) is 0 Å². The Morgan fingerprint density at radius 3 is 2.93 bits per heavy atom. The van der Waals surface area contributed by atoms with E-state index in [1.165, 1.54) is 11.5 Å². The maximum atomic E-state index is 5.84. The topological polar surface area (TPSA) is 51.4 Å². The summed E-state index contributed by atoms with van der Waals surface area (Å²) in [6.45, 7) is 8.11. The molecule has 2 heterocycles. The molecule has 4 nitrogen and oxygen atoms in total. The van der Waals surface area contributed by atoms with Crippen LogP contribution < -0.4 is 10.6 Å². The van der Waals surface area contributed by atoms with Crippen LogP contribution in [0.15, 0.2) is 6.07 Å². The lowest BCUT2D eigenvalue weighted by atomic mass is 10.1. The lowest BCUT2D eigenvalue weighted by molar-refractivity contribution is -0.0748. The van der Waals surface area contributed by atoms with Crippen molar-refractivity contribution >= 4 is 22.4 Å². The minimum atomic E-state index is -0.101. The van der Waals surface area contributed by atoms with Crippen molar-refractivity contribution in [1.29, 1.82) is 0 Å². The Hall–Kier alpha value is -0.810. The van der Waals surface area contributed by atoms with E-state index >= 15 is 0 Å². The standard InChI is InChI=1S/C10H17N3OS/c1-7-5-13(6-10(2,3)14-7)9-4-8(11)12-15-9/h4,7H,5-6H2,1-3H3,(H2,11,12). The first-order chi connectivity index (χ1) is 6.96. The van der Waals surface area contributed by atoms with Crippen LogP contribution in [0.4, 0.5) is 10.8 Å². The van der Waals surface area contributed by atoms with Gasteiger partial charge in [0.1, 0.15) is 10.8 Å². The van der Waals surface area contributed by atoms with E-state index in [1.807, 2.05) is 6.07 Å². The van der Waals surface area contributed by atoms with E-state index in [4.69, 9.17) is 10.5 Å². The normalized spacial score (nSPS) is 25.5. The Morgan fingerprint density at radius 2 is 2.40 bits per heavy atom. The largest absolute Gasteiger partial charge is 0.383 e. The van der Waals surface area contributed by atoms with E-state index in [0.29, 0.717) is 5.82 Å². The van der Waals surface area contributed by atoms with E-state index in [0.717, 1.165) is 18.1 Å². The molecule has 5 heteroatoms. The van der Waals surface area contributed by atoms with E-state index in [9.17, 15) is 0 Å². The maximum absolute atomic E-state index is 5.84. The Kier molecular flexibility index (Phi) is 2.60. The van der Waals surface area contributed by atoms with Gasteiger partial charge in [0.15, 0.2) is 0 Å². The van der Waals surface area contributed by atoms with Crippen molar-refractivity contribution < 1.29 is 4.74 Å². The molecule has 0 spiro atoms. The quantitative estimate of drug-likeness (QED) is 0.794. The highest BCUT2D eigenvalue weighted by Gasteiger charge is 2.32. The van der Waals surface area contributed by atoms with E-state index in [1.54, 1.807) is 0 Å². The van der Waals surface area contributed by atoms with Crippen molar-refractivity contribution in [2.75, 3.05) is 23.7 Å². The number of anilines is 2. The van der Waals surface area contributed by atoms with E-state index in [2.05, 4.69) is 30.0 Å². The molecule has 1 saturated heterocycles. The summed E-state index contributed by atoms with van der Waals surface area (Å²) in [5.41, 5.74) is 5.53. The summed E-state index contributed by atoms with van der Waals surface area (Å²) in [6, 6.07) is 1.93. The number of nitrogen functional groups attached to an aromatic ring is 1. The molecule has 1 aliphatic heterocycles. The maximum Gasteiger partial charge on any atom is 0.139 e. The molecular weight excluding hydrogens is 210 g/mol. The van der Waals surface area contributed by atoms with Crippen LogP contribution in [0.5, 0.6) is 0 Å². The van der Waals surface area contributed by atoms with Crippen molar-refractivity contribution in [2.24, 2.45) is 0 Å². The Bertz CT molecular complexity index is 350. The zero-order chi connectivity index (χ0) is 11.1. The molecule has 1 unspecified atom stereocenters. The minimum Gasteiger partial charge on any atom is -0.383 e. The molecule has 0 amide bonds. The van der Waals surface area contributed by atoms with Crippen molar-refractivity contribution in [1.82, 2.24) is 4.37 Å². The number of nitrogens with zero attached hydrogens (tertiary/aromatic N) is 2. The van der Waals surface area contributed by atoms with Gasteiger partial charge >= 0.3 is 0 Å². The highest BCUT2D eigenvalue weighted by molar-refractivity contribution is 7.10. The molecule has 1 fully saturated rings. The molecule has 15 heavy (non-hydrogen) atoms. The second-order valence-electron chi connectivity index (χ2n) is 4.66. The molecule has 0 aromatic carbocycles. The zero-order valence-corrected chi connectivity index (χ0v) is 10.2. The van der Waals surface area contributed by atoms with Crippen molar-refractivity contribution in [3.05, 3.63) is 6.07 Å². The lowest BCUT2D eigenvalue weighted by Crippen LogP contribution is -2.51. The Labute approximate surface area is 94.2 Å². The molecule has 1 aliphatic rings. The second kappa shape index (κ2) is 3.64. The number of hydrogen-bond donors (Lipinski definition) is 1. The third kappa shape index (κ3) is 2.41. The van der Waals surface area contributed by atoms with Crippen molar-refractivity contribution in [3.8, 4) is 0 Å². The molecular formula is C10H17N3OS. The summed E-state index contributed by atoms with van der Waals surface area (Å²) in [6.07, 6.45) is 0.247. The molecule has 84 valence electrons. The highest BCUT2D eigenvalue weighted by Crippen LogP contribution is 2.29. The molecule has 1 aromatic heterocycles. The summed E-state index contributed by atoms with van der Waals surface area (Å²) in [4.78, 5) is 2.29. The third-order valence-corrected chi connectivity index (χ3v) is 3.26. The number of morpholine rings is 1. The molecule has 0 aliphatic carbocycles. The van der Waals surface area contributed by atoms with Crippen molar-refractivity contribution in [2.45, 2.75) is 32.5 Å². The number of rotatable bonds is 1. The number of nitrogens with two attached hydrogens (primary N) is 1. The van der Waals surface area contributed by atoms with Gasteiger partial charge in [-0.25, -0.2) is 0 Å². The molecule has 1 atom stereocenters. The minimum absolute atomic E-state index is 0.101. The van der Waals surface area contributed by atoms with Gasteiger partial charge in [-0.15, -0.1) is 0 Å². The fraction of sp³-hybridized carbons (Fsp3) is 0.700. The summed E-state index contributed by atoms with van der Waals surface area (Å²) in [5.74, 6) is 0.604. The first-order valence-corrected chi connectivity index (χ1v) is 5.88. The summed E-state index contributed by atoms with van der Waals surface area (Å²) < 4.78 is 9.95. The second-order valence-corrected chi connectivity index (χ2v) is 5.44. The summed E-state index contributed by atoms with van der Waals surface area (Å²) >= 11 is 1.45. The average Bonchev–Trinajstić information content (AvgIpc) is 2.48. The van der Waals surface area contributed by atoms with Crippen LogP contribution in [-0.2, 0) is 4.74 Å². The third-order valence-electron chi connectivity index (χ3n) is 2.40. The monoisotopic (exact) mass is 227 g/mol. The van der Waals surface area contributed by atoms with Gasteiger partial charge < -0.3 is 15.4 Å². The smallest absolute Gasteiger partial charge is 0.139 e. The highest BCUT2D eigenvalue weighted by atomic mass is 32.1. The van der Waals surface area contributed by atoms with Gasteiger partial charge in [0.2, 0.25) is 0 Å². The van der Waals surface area contributed by atoms with Crippen molar-refractivity contribution in [3.63, 3.8) is 0 Å². The fourth-order valence-corrected chi connectivity index (χ4v) is 2.73. The van der Waals surface area contributed by atoms with Crippen LogP contribution >= 0.6 is 11.5 Å². The number of ether oxygens (including phenoxy) is 1. The van der Waals surface area contributed by atoms with Gasteiger partial charge in [-0.2, -0.15) is 4.37 Å². The fourth-order valence-electron chi connectivity index (χ4n) is 2.05. The van der Waals surface area contributed by atoms with Gasteiger partial charge in [0.25, 0.3) is 0 Å². The first kappa shape index (κ1) is 10.7. The van der Waals surface area contributed by atoms with Crippen LogP contribution in [0, 0.1) is 0 Å². The molecule has 0 saturated carbocycles. The van der Waals surface area contributed by atoms with Gasteiger partial charge in [-0.1, -0.05) is 0 Å². The molecule has 1 aromatic rings. The molecule has 2 N–H and O–H groups in total. The number of hydrogen-bond acceptors (Lipinski definition) is 5. The van der Waals surface area contributed by atoms with E-state index in [-0.39, 0.29) is 11.7 Å². The van der Waals surface area contributed by atoms with Crippen LogP contribution in [0.3, 0.4) is 0 Å². The van der Waals surface area contributed by atoms with E-state index < -0.39 is 0 Å². The van der Waals surface area contributed by atoms with Gasteiger partial charge in [0.05, 0.1) is 11.7 Å². The van der Waals surface area contributed by atoms with Crippen LogP contribution in [-0.4, -0.2) is 29.2 Å². The summed E-state index contributed by atoms with van der Waals surface area (Å²) in [7, 11) is 0. The summed E-state index contributed by atoms with van der Waals surface area (Å²) in [5, 5.41) is 1.13. The predicted octanol–water partition coefficient (Wildman–Crippen LogP) is 1.73. The molecule has 2 rings (SSSR count). The van der Waals surface area contributed by atoms with Gasteiger partial charge in [-0.3, -0.25) is 0 Å². The van der Waals surface area contributed by atoms with Crippen LogP contribution in [0.1, 0.15) is 20.8 Å². The van der Waals surface area contributed by atoms with Gasteiger partial charge in [-0.05, 0) is 32.3 Å².